The van der Waals surface area contributed by atoms with Crippen LogP contribution in [0.25, 0.3) is 0 Å². The van der Waals surface area contributed by atoms with Crippen molar-refractivity contribution in [3.05, 3.63) is 35.4 Å². The van der Waals surface area contributed by atoms with Gasteiger partial charge in [-0.25, -0.2) is 9.59 Å². The molecule has 116 valence electrons. The molecule has 21 heavy (non-hydrogen) atoms. The predicted molar refractivity (Wildman–Crippen MR) is 82.1 cm³/mol. The third-order valence-electron chi connectivity index (χ3n) is 2.84. The minimum atomic E-state index is -0.955. The highest BCUT2D eigenvalue weighted by atomic mass is 32.2. The van der Waals surface area contributed by atoms with Gasteiger partial charge in [0.1, 0.15) is 0 Å². The minimum absolute atomic E-state index is 0.244. The summed E-state index contributed by atoms with van der Waals surface area (Å²) in [5.74, 6) is 0.0967. The highest BCUT2D eigenvalue weighted by molar-refractivity contribution is 7.84. The Balaban J connectivity index is 2.22. The summed E-state index contributed by atoms with van der Waals surface area (Å²) in [5.41, 5.74) is 1.20. The van der Waals surface area contributed by atoms with Gasteiger partial charge in [-0.1, -0.05) is 19.1 Å². The maximum atomic E-state index is 11.4. The molecule has 1 unspecified atom stereocenters. The third kappa shape index (κ3) is 6.89. The Morgan fingerprint density at radius 2 is 1.76 bits per heavy atom. The molecule has 1 aromatic carbocycles. The van der Waals surface area contributed by atoms with Crippen molar-refractivity contribution in [3.8, 4) is 0 Å². The van der Waals surface area contributed by atoms with Crippen LogP contribution in [0.2, 0.25) is 0 Å². The molecule has 0 bridgehead atoms. The molecule has 0 aliphatic heterocycles. The van der Waals surface area contributed by atoms with Crippen molar-refractivity contribution in [3.63, 3.8) is 0 Å². The Bertz CT molecular complexity index is 502. The zero-order chi connectivity index (χ0) is 15.7. The van der Waals surface area contributed by atoms with Gasteiger partial charge in [-0.3, -0.25) is 4.21 Å². The average molecular weight is 312 g/mol. The molecule has 0 radical (unpaired) electrons. The van der Waals surface area contributed by atoms with Crippen molar-refractivity contribution >= 4 is 22.8 Å². The number of carboxylic acid groups (broad SMARTS) is 1. The molecular formula is C14H20N2O4S. The Morgan fingerprint density at radius 3 is 2.33 bits per heavy atom. The van der Waals surface area contributed by atoms with E-state index in [1.54, 1.807) is 12.1 Å². The molecule has 1 atom stereocenters. The second-order valence-electron chi connectivity index (χ2n) is 4.37. The minimum Gasteiger partial charge on any atom is -0.478 e. The van der Waals surface area contributed by atoms with Crippen LogP contribution in [0.1, 0.15) is 22.8 Å². The van der Waals surface area contributed by atoms with Crippen molar-refractivity contribution < 1.29 is 18.9 Å². The second-order valence-corrected chi connectivity index (χ2v) is 6.23. The molecular weight excluding hydrogens is 292 g/mol. The van der Waals surface area contributed by atoms with Crippen LogP contribution in [-0.2, 0) is 17.2 Å². The average Bonchev–Trinajstić information content (AvgIpc) is 2.47. The lowest BCUT2D eigenvalue weighted by Crippen LogP contribution is -2.38. The van der Waals surface area contributed by atoms with Crippen LogP contribution in [0.15, 0.2) is 24.3 Å². The van der Waals surface area contributed by atoms with Gasteiger partial charge in [0, 0.05) is 35.4 Å². The van der Waals surface area contributed by atoms with Crippen LogP contribution >= 0.6 is 0 Å². The summed E-state index contributed by atoms with van der Waals surface area (Å²) in [5, 5.41) is 14.1. The molecule has 3 N–H and O–H groups in total. The number of carboxylic acids is 1. The summed E-state index contributed by atoms with van der Waals surface area (Å²) < 4.78 is 11.2. The predicted octanol–water partition coefficient (Wildman–Crippen LogP) is 0.995. The smallest absolute Gasteiger partial charge is 0.335 e. The molecule has 0 heterocycles. The largest absolute Gasteiger partial charge is 0.478 e. The summed E-state index contributed by atoms with van der Waals surface area (Å²) in [4.78, 5) is 22.1. The van der Waals surface area contributed by atoms with E-state index in [1.807, 2.05) is 6.92 Å². The highest BCUT2D eigenvalue weighted by Gasteiger charge is 2.03. The number of amides is 2. The molecule has 0 saturated carbocycles. The van der Waals surface area contributed by atoms with Crippen molar-refractivity contribution in [1.29, 1.82) is 0 Å². The molecule has 0 aliphatic rings. The number of carbonyl (C=O) groups excluding carboxylic acids is 1. The van der Waals surface area contributed by atoms with E-state index in [4.69, 9.17) is 5.11 Å². The molecule has 0 spiro atoms. The SMILES string of the molecule is CCS(=O)CCNC(=O)NCCc1ccc(C(=O)O)cc1. The normalized spacial score (nSPS) is 11.7. The summed E-state index contributed by atoms with van der Waals surface area (Å²) in [7, 11) is -0.876. The van der Waals surface area contributed by atoms with Crippen molar-refractivity contribution in [2.75, 3.05) is 24.6 Å². The van der Waals surface area contributed by atoms with Crippen LogP contribution < -0.4 is 10.6 Å². The Labute approximate surface area is 126 Å². The van der Waals surface area contributed by atoms with Crippen LogP contribution in [0.5, 0.6) is 0 Å². The molecule has 6 nitrogen and oxygen atoms in total. The number of hydrogen-bond donors (Lipinski definition) is 3. The van der Waals surface area contributed by atoms with Gasteiger partial charge >= 0.3 is 12.0 Å². The van der Waals surface area contributed by atoms with Crippen LogP contribution in [0.4, 0.5) is 4.79 Å². The first-order valence-corrected chi connectivity index (χ1v) is 8.20. The zero-order valence-electron chi connectivity index (χ0n) is 11.9. The standard InChI is InChI=1S/C14H20N2O4S/c1-2-21(20)10-9-16-14(19)15-8-7-11-3-5-12(6-4-11)13(17)18/h3-6H,2,7-10H2,1H3,(H,17,18)(H2,15,16,19). The van der Waals surface area contributed by atoms with E-state index >= 15 is 0 Å². The summed E-state index contributed by atoms with van der Waals surface area (Å²) >= 11 is 0. The number of carbonyl (C=O) groups is 2. The monoisotopic (exact) mass is 312 g/mol. The van der Waals surface area contributed by atoms with Crippen LogP contribution in [0.3, 0.4) is 0 Å². The number of nitrogens with one attached hydrogen (secondary N) is 2. The third-order valence-corrected chi connectivity index (χ3v) is 4.14. The van der Waals surface area contributed by atoms with Crippen molar-refractivity contribution in [2.45, 2.75) is 13.3 Å². The van der Waals surface area contributed by atoms with Gasteiger partial charge in [0.15, 0.2) is 0 Å². The van der Waals surface area contributed by atoms with Crippen LogP contribution in [0, 0.1) is 0 Å². The quantitative estimate of drug-likeness (QED) is 0.667. The summed E-state index contributed by atoms with van der Waals surface area (Å²) in [6.45, 7) is 2.68. The van der Waals surface area contributed by atoms with Gasteiger partial charge in [0.25, 0.3) is 0 Å². The van der Waals surface area contributed by atoms with Crippen molar-refractivity contribution in [1.82, 2.24) is 10.6 Å². The maximum absolute atomic E-state index is 11.4. The molecule has 0 fully saturated rings. The highest BCUT2D eigenvalue weighted by Crippen LogP contribution is 2.04. The number of rotatable bonds is 8. The molecule has 0 aromatic heterocycles. The maximum Gasteiger partial charge on any atom is 0.335 e. The lowest BCUT2D eigenvalue weighted by Gasteiger charge is -2.07. The van der Waals surface area contributed by atoms with Gasteiger partial charge in [-0.15, -0.1) is 0 Å². The summed E-state index contributed by atoms with van der Waals surface area (Å²) in [6, 6.07) is 6.25. The van der Waals surface area contributed by atoms with E-state index in [0.717, 1.165) is 5.56 Å². The molecule has 1 rings (SSSR count). The fraction of sp³-hybridized carbons (Fsp3) is 0.429. The van der Waals surface area contributed by atoms with Gasteiger partial charge in [-0.05, 0) is 24.1 Å². The van der Waals surface area contributed by atoms with Gasteiger partial charge < -0.3 is 15.7 Å². The topological polar surface area (TPSA) is 95.5 Å². The first-order chi connectivity index (χ1) is 10.0. The molecule has 0 aliphatic carbocycles. The number of hydrogen-bond acceptors (Lipinski definition) is 3. The molecule has 1 aromatic rings. The van der Waals surface area contributed by atoms with E-state index in [0.29, 0.717) is 31.0 Å². The molecule has 2 amide bonds. The first kappa shape index (κ1) is 17.2. The number of urea groups is 1. The Morgan fingerprint density at radius 1 is 1.14 bits per heavy atom. The lowest BCUT2D eigenvalue weighted by molar-refractivity contribution is 0.0697. The van der Waals surface area contributed by atoms with E-state index in [2.05, 4.69) is 10.6 Å². The van der Waals surface area contributed by atoms with Crippen LogP contribution in [-0.4, -0.2) is 45.9 Å². The Hall–Kier alpha value is -1.89. The fourth-order valence-electron chi connectivity index (χ4n) is 1.62. The van der Waals surface area contributed by atoms with Crippen molar-refractivity contribution in [2.24, 2.45) is 0 Å². The van der Waals surface area contributed by atoms with Gasteiger partial charge in [-0.2, -0.15) is 0 Å². The molecule has 0 saturated heterocycles. The lowest BCUT2D eigenvalue weighted by atomic mass is 10.1. The first-order valence-electron chi connectivity index (χ1n) is 6.72. The van der Waals surface area contributed by atoms with E-state index in [1.165, 1.54) is 12.1 Å². The van der Waals surface area contributed by atoms with Gasteiger partial charge in [0.2, 0.25) is 0 Å². The zero-order valence-corrected chi connectivity index (χ0v) is 12.7. The number of benzene rings is 1. The van der Waals surface area contributed by atoms with E-state index < -0.39 is 16.8 Å². The Kier molecular flexibility index (Phi) is 7.45. The van der Waals surface area contributed by atoms with E-state index in [-0.39, 0.29) is 11.6 Å². The van der Waals surface area contributed by atoms with Gasteiger partial charge in [0.05, 0.1) is 5.56 Å². The fourth-order valence-corrected chi connectivity index (χ4v) is 2.24. The number of aromatic carboxylic acids is 1. The summed E-state index contributed by atoms with van der Waals surface area (Å²) in [6.07, 6.45) is 0.619. The second kappa shape index (κ2) is 9.12. The van der Waals surface area contributed by atoms with E-state index in [9.17, 15) is 13.8 Å². The molecule has 7 heteroatoms.